The highest BCUT2D eigenvalue weighted by Gasteiger charge is 2.33. The van der Waals surface area contributed by atoms with Gasteiger partial charge in [-0.05, 0) is 30.7 Å². The van der Waals surface area contributed by atoms with E-state index in [1.165, 1.54) is 4.90 Å². The Labute approximate surface area is 141 Å². The van der Waals surface area contributed by atoms with Crippen LogP contribution >= 0.6 is 0 Å². The first kappa shape index (κ1) is 16.4. The highest BCUT2D eigenvalue weighted by Crippen LogP contribution is 2.25. The second-order valence-corrected chi connectivity index (χ2v) is 7.97. The summed E-state index contributed by atoms with van der Waals surface area (Å²) in [5.41, 5.74) is 0.313. The van der Waals surface area contributed by atoms with Gasteiger partial charge in [-0.2, -0.15) is 0 Å². The van der Waals surface area contributed by atoms with E-state index in [1.54, 1.807) is 37.5 Å². The maximum atomic E-state index is 12.8. The number of hydrogen-bond acceptors (Lipinski definition) is 5. The largest absolute Gasteiger partial charge is 0.438 e. The summed E-state index contributed by atoms with van der Waals surface area (Å²) in [6.45, 7) is 0. The molecule has 1 atom stereocenters. The normalized spacial score (nSPS) is 19.0. The third kappa shape index (κ3) is 3.56. The summed E-state index contributed by atoms with van der Waals surface area (Å²) in [6.07, 6.45) is 2.01. The van der Waals surface area contributed by atoms with E-state index in [2.05, 4.69) is 4.98 Å². The fraction of sp³-hybridized carbons (Fsp3) is 0.294. The first-order valence-corrected chi connectivity index (χ1v) is 9.44. The first-order valence-electron chi connectivity index (χ1n) is 7.62. The van der Waals surface area contributed by atoms with Crippen LogP contribution < -0.4 is 4.74 Å². The second-order valence-electron chi connectivity index (χ2n) is 5.74. The molecule has 0 spiro atoms. The van der Waals surface area contributed by atoms with Crippen molar-refractivity contribution in [2.45, 2.75) is 12.5 Å². The molecule has 0 unspecified atom stereocenters. The molecule has 2 heterocycles. The van der Waals surface area contributed by atoms with Gasteiger partial charge >= 0.3 is 0 Å². The van der Waals surface area contributed by atoms with Crippen LogP contribution in [-0.2, 0) is 9.84 Å². The van der Waals surface area contributed by atoms with Crippen LogP contribution in [-0.4, -0.2) is 48.8 Å². The molecule has 1 aliphatic heterocycles. The van der Waals surface area contributed by atoms with Crippen molar-refractivity contribution in [2.24, 2.45) is 0 Å². The lowest BCUT2D eigenvalue weighted by Gasteiger charge is -2.24. The standard InChI is InChI=1S/C17H18N2O4S/c1-19(13-9-11-24(21,22)12-13)17(20)15-8-5-10-18-16(15)23-14-6-3-2-4-7-14/h2-8,10,13H,9,11-12H2,1H3/t13-/m0/s1. The van der Waals surface area contributed by atoms with Gasteiger partial charge in [0, 0.05) is 19.3 Å². The molecule has 1 amide bonds. The Kier molecular flexibility index (Phi) is 4.53. The van der Waals surface area contributed by atoms with Crippen LogP contribution in [0.3, 0.4) is 0 Å². The number of sulfone groups is 1. The average molecular weight is 346 g/mol. The van der Waals surface area contributed by atoms with Crippen molar-refractivity contribution in [3.63, 3.8) is 0 Å². The monoisotopic (exact) mass is 346 g/mol. The molecule has 126 valence electrons. The molecular formula is C17H18N2O4S. The highest BCUT2D eigenvalue weighted by atomic mass is 32.2. The van der Waals surface area contributed by atoms with Crippen molar-refractivity contribution in [2.75, 3.05) is 18.6 Å². The van der Waals surface area contributed by atoms with E-state index in [-0.39, 0.29) is 29.3 Å². The zero-order chi connectivity index (χ0) is 17.2. The van der Waals surface area contributed by atoms with Gasteiger partial charge in [0.1, 0.15) is 11.3 Å². The zero-order valence-corrected chi connectivity index (χ0v) is 14.1. The number of carbonyl (C=O) groups is 1. The topological polar surface area (TPSA) is 76.6 Å². The lowest BCUT2D eigenvalue weighted by Crippen LogP contribution is -2.38. The fourth-order valence-corrected chi connectivity index (χ4v) is 4.45. The highest BCUT2D eigenvalue weighted by molar-refractivity contribution is 7.91. The van der Waals surface area contributed by atoms with Crippen LogP contribution in [0.1, 0.15) is 16.8 Å². The van der Waals surface area contributed by atoms with Gasteiger partial charge in [-0.3, -0.25) is 4.79 Å². The third-order valence-electron chi connectivity index (χ3n) is 4.04. The Morgan fingerprint density at radius 3 is 2.62 bits per heavy atom. The molecule has 1 fully saturated rings. The summed E-state index contributed by atoms with van der Waals surface area (Å²) in [6, 6.07) is 12.0. The molecule has 7 heteroatoms. The fourth-order valence-electron chi connectivity index (χ4n) is 2.67. The molecule has 1 aliphatic rings. The van der Waals surface area contributed by atoms with Gasteiger partial charge in [0.05, 0.1) is 11.5 Å². The number of nitrogens with zero attached hydrogens (tertiary/aromatic N) is 2. The molecule has 3 rings (SSSR count). The maximum Gasteiger partial charge on any atom is 0.259 e. The first-order chi connectivity index (χ1) is 11.5. The van der Waals surface area contributed by atoms with E-state index in [1.807, 2.05) is 18.2 Å². The molecule has 0 radical (unpaired) electrons. The van der Waals surface area contributed by atoms with Gasteiger partial charge in [-0.1, -0.05) is 18.2 Å². The third-order valence-corrected chi connectivity index (χ3v) is 5.79. The summed E-state index contributed by atoms with van der Waals surface area (Å²) in [4.78, 5) is 18.4. The van der Waals surface area contributed by atoms with E-state index in [0.29, 0.717) is 17.7 Å². The number of rotatable bonds is 4. The predicted molar refractivity (Wildman–Crippen MR) is 89.9 cm³/mol. The zero-order valence-electron chi connectivity index (χ0n) is 13.3. The van der Waals surface area contributed by atoms with Gasteiger partial charge in [0.15, 0.2) is 9.84 Å². The SMILES string of the molecule is CN(C(=O)c1cccnc1Oc1ccccc1)[C@H]1CCS(=O)(=O)C1. The van der Waals surface area contributed by atoms with Gasteiger partial charge < -0.3 is 9.64 Å². The number of hydrogen-bond donors (Lipinski definition) is 0. The van der Waals surface area contributed by atoms with Crippen molar-refractivity contribution >= 4 is 15.7 Å². The number of benzene rings is 1. The lowest BCUT2D eigenvalue weighted by molar-refractivity contribution is 0.0744. The van der Waals surface area contributed by atoms with E-state index in [9.17, 15) is 13.2 Å². The summed E-state index contributed by atoms with van der Waals surface area (Å²) in [5, 5.41) is 0. The van der Waals surface area contributed by atoms with Gasteiger partial charge in [0.25, 0.3) is 5.91 Å². The lowest BCUT2D eigenvalue weighted by atomic mass is 10.2. The molecule has 1 aromatic carbocycles. The molecule has 1 aromatic heterocycles. The Bertz CT molecular complexity index is 837. The van der Waals surface area contributed by atoms with Crippen molar-refractivity contribution in [1.82, 2.24) is 9.88 Å². The van der Waals surface area contributed by atoms with Crippen molar-refractivity contribution in [3.05, 3.63) is 54.2 Å². The predicted octanol–water partition coefficient (Wildman–Crippen LogP) is 2.13. The number of carbonyl (C=O) groups excluding carboxylic acids is 1. The van der Waals surface area contributed by atoms with Gasteiger partial charge in [-0.15, -0.1) is 0 Å². The van der Waals surface area contributed by atoms with Crippen LogP contribution in [0.4, 0.5) is 0 Å². The number of amides is 1. The minimum absolute atomic E-state index is 0.00434. The number of aromatic nitrogens is 1. The molecular weight excluding hydrogens is 328 g/mol. The Hall–Kier alpha value is -2.41. The minimum atomic E-state index is -3.06. The van der Waals surface area contributed by atoms with E-state index >= 15 is 0 Å². The maximum absolute atomic E-state index is 12.8. The molecule has 0 N–H and O–H groups in total. The molecule has 2 aromatic rings. The quantitative estimate of drug-likeness (QED) is 0.848. The molecule has 6 nitrogen and oxygen atoms in total. The summed E-state index contributed by atoms with van der Waals surface area (Å²) in [7, 11) is -1.44. The van der Waals surface area contributed by atoms with Crippen LogP contribution in [0.25, 0.3) is 0 Å². The minimum Gasteiger partial charge on any atom is -0.438 e. The van der Waals surface area contributed by atoms with E-state index < -0.39 is 9.84 Å². The van der Waals surface area contributed by atoms with Crippen LogP contribution in [0.2, 0.25) is 0 Å². The number of ether oxygens (including phenoxy) is 1. The van der Waals surface area contributed by atoms with Crippen LogP contribution in [0.15, 0.2) is 48.7 Å². The molecule has 1 saturated heterocycles. The Morgan fingerprint density at radius 2 is 1.96 bits per heavy atom. The van der Waals surface area contributed by atoms with Crippen LogP contribution in [0.5, 0.6) is 11.6 Å². The van der Waals surface area contributed by atoms with E-state index in [4.69, 9.17) is 4.74 Å². The average Bonchev–Trinajstić information content (AvgIpc) is 2.95. The van der Waals surface area contributed by atoms with Gasteiger partial charge in [-0.25, -0.2) is 13.4 Å². The van der Waals surface area contributed by atoms with E-state index in [0.717, 1.165) is 0 Å². The summed E-state index contributed by atoms with van der Waals surface area (Å²) >= 11 is 0. The molecule has 0 aliphatic carbocycles. The summed E-state index contributed by atoms with van der Waals surface area (Å²) < 4.78 is 29.0. The molecule has 0 saturated carbocycles. The Balaban J connectivity index is 1.82. The molecule has 24 heavy (non-hydrogen) atoms. The van der Waals surface area contributed by atoms with Crippen molar-refractivity contribution < 1.29 is 17.9 Å². The van der Waals surface area contributed by atoms with Crippen LogP contribution in [0, 0.1) is 0 Å². The van der Waals surface area contributed by atoms with Crippen molar-refractivity contribution in [1.29, 1.82) is 0 Å². The second kappa shape index (κ2) is 6.60. The smallest absolute Gasteiger partial charge is 0.259 e. The molecule has 0 bridgehead atoms. The number of para-hydroxylation sites is 1. The van der Waals surface area contributed by atoms with Gasteiger partial charge in [0.2, 0.25) is 5.88 Å². The van der Waals surface area contributed by atoms with Crippen molar-refractivity contribution in [3.8, 4) is 11.6 Å². The summed E-state index contributed by atoms with van der Waals surface area (Å²) in [5.74, 6) is 0.619. The number of pyridine rings is 1. The Morgan fingerprint density at radius 1 is 1.21 bits per heavy atom.